The van der Waals surface area contributed by atoms with E-state index in [-0.39, 0.29) is 0 Å². The molecule has 0 fully saturated rings. The van der Waals surface area contributed by atoms with Crippen LogP contribution in [0.3, 0.4) is 0 Å². The topological polar surface area (TPSA) is 21.9 Å². The summed E-state index contributed by atoms with van der Waals surface area (Å²) in [5.41, 5.74) is 14.0. The Morgan fingerprint density at radius 3 is 1.38 bits per heavy atom. The van der Waals surface area contributed by atoms with E-state index < -0.39 is 0 Å². The number of rotatable bonds is 6. The van der Waals surface area contributed by atoms with E-state index in [4.69, 9.17) is 0 Å². The monoisotopic (exact) mass is 701 g/mol. The van der Waals surface area contributed by atoms with E-state index in [0.29, 0.717) is 0 Å². The van der Waals surface area contributed by atoms with Crippen molar-refractivity contribution in [1.29, 1.82) is 0 Å². The fourth-order valence-electron chi connectivity index (χ4n) is 8.50. The molecule has 0 aliphatic heterocycles. The van der Waals surface area contributed by atoms with Crippen LogP contribution in [0.2, 0.25) is 0 Å². The van der Waals surface area contributed by atoms with Gasteiger partial charge in [-0.05, 0) is 106 Å². The molecule has 0 amide bonds. The van der Waals surface area contributed by atoms with Crippen LogP contribution in [0.1, 0.15) is 0 Å². The second kappa shape index (κ2) is 12.6. The predicted octanol–water partition coefficient (Wildman–Crippen LogP) is 14.1. The molecule has 0 aliphatic carbocycles. The molecular formula is C52H35N3. The molecule has 0 saturated carbocycles. The van der Waals surface area contributed by atoms with E-state index in [0.717, 1.165) is 17.1 Å². The first-order valence-electron chi connectivity index (χ1n) is 18.8. The zero-order valence-electron chi connectivity index (χ0n) is 30.0. The van der Waals surface area contributed by atoms with Crippen molar-refractivity contribution in [2.24, 2.45) is 0 Å². The lowest BCUT2D eigenvalue weighted by Gasteiger charge is -2.15. The molecule has 55 heavy (non-hydrogen) atoms. The quantitative estimate of drug-likeness (QED) is 0.183. The summed E-state index contributed by atoms with van der Waals surface area (Å²) in [6.07, 6.45) is 0. The van der Waals surface area contributed by atoms with Gasteiger partial charge in [0.1, 0.15) is 0 Å². The Kier molecular flexibility index (Phi) is 7.17. The highest BCUT2D eigenvalue weighted by Crippen LogP contribution is 2.39. The number of aromatic nitrogens is 2. The van der Waals surface area contributed by atoms with Gasteiger partial charge in [-0.3, -0.25) is 0 Å². The van der Waals surface area contributed by atoms with Crippen LogP contribution >= 0.6 is 0 Å². The maximum Gasteiger partial charge on any atom is 0.0541 e. The van der Waals surface area contributed by atoms with E-state index in [9.17, 15) is 0 Å². The SMILES string of the molecule is c1ccc(Nc2ccc(-c3ccc4c(c3)c3ccccc3n4-c3ccc4cc(-n5c6ccccc6c6ccccc65)ccc4c3)cc2-c2ccccc2)cc1. The highest BCUT2D eigenvalue weighted by molar-refractivity contribution is 6.11. The van der Waals surface area contributed by atoms with Gasteiger partial charge in [0.05, 0.1) is 22.1 Å². The fourth-order valence-corrected chi connectivity index (χ4v) is 8.50. The van der Waals surface area contributed by atoms with Gasteiger partial charge in [-0.25, -0.2) is 0 Å². The summed E-state index contributed by atoms with van der Waals surface area (Å²) in [5.74, 6) is 0. The Labute approximate surface area is 319 Å². The molecule has 2 heterocycles. The maximum atomic E-state index is 3.66. The molecule has 0 radical (unpaired) electrons. The normalized spacial score (nSPS) is 11.6. The van der Waals surface area contributed by atoms with Crippen LogP contribution in [0, 0.1) is 0 Å². The van der Waals surface area contributed by atoms with Crippen molar-refractivity contribution < 1.29 is 0 Å². The molecular weight excluding hydrogens is 667 g/mol. The zero-order valence-corrected chi connectivity index (χ0v) is 30.0. The number of anilines is 2. The first-order chi connectivity index (χ1) is 27.3. The standard InChI is InChI=1S/C52H35N3/c1-3-13-35(14-4-1)46-33-38(25-29-48(46)53-40-15-5-2-6-16-40)39-26-30-52-47(34-39)45-19-9-12-22-51(45)55(52)42-28-24-36-31-41(27-23-37(36)32-42)54-49-20-10-7-17-43(49)44-18-8-11-21-50(44)54/h1-34,53H. The molecule has 0 spiro atoms. The van der Waals surface area contributed by atoms with Crippen LogP contribution < -0.4 is 5.32 Å². The van der Waals surface area contributed by atoms with Gasteiger partial charge in [0.25, 0.3) is 0 Å². The number of para-hydroxylation sites is 4. The molecule has 0 unspecified atom stereocenters. The van der Waals surface area contributed by atoms with Crippen LogP contribution in [0.5, 0.6) is 0 Å². The number of nitrogens with zero attached hydrogens (tertiary/aromatic N) is 2. The van der Waals surface area contributed by atoms with Crippen LogP contribution in [-0.4, -0.2) is 9.13 Å². The van der Waals surface area contributed by atoms with Gasteiger partial charge in [-0.1, -0.05) is 127 Å². The Bertz CT molecular complexity index is 3170. The summed E-state index contributed by atoms with van der Waals surface area (Å²) in [6.45, 7) is 0. The third-order valence-corrected chi connectivity index (χ3v) is 11.1. The van der Waals surface area contributed by atoms with Crippen molar-refractivity contribution in [3.05, 3.63) is 206 Å². The van der Waals surface area contributed by atoms with Crippen molar-refractivity contribution in [3.63, 3.8) is 0 Å². The van der Waals surface area contributed by atoms with E-state index in [1.807, 2.05) is 6.07 Å². The van der Waals surface area contributed by atoms with Gasteiger partial charge in [0.15, 0.2) is 0 Å². The van der Waals surface area contributed by atoms with Gasteiger partial charge >= 0.3 is 0 Å². The average molecular weight is 702 g/mol. The Balaban J connectivity index is 1.01. The molecule has 3 nitrogen and oxygen atoms in total. The maximum absolute atomic E-state index is 3.66. The van der Waals surface area contributed by atoms with E-state index >= 15 is 0 Å². The molecule has 2 aromatic heterocycles. The molecule has 0 bridgehead atoms. The smallest absolute Gasteiger partial charge is 0.0541 e. The molecule has 9 aromatic carbocycles. The van der Waals surface area contributed by atoms with Gasteiger partial charge in [0, 0.05) is 49.9 Å². The first kappa shape index (κ1) is 31.2. The molecule has 3 heteroatoms. The summed E-state index contributed by atoms with van der Waals surface area (Å²) >= 11 is 0. The lowest BCUT2D eigenvalue weighted by atomic mass is 9.96. The average Bonchev–Trinajstić information content (AvgIpc) is 3.77. The van der Waals surface area contributed by atoms with Gasteiger partial charge in [0.2, 0.25) is 0 Å². The summed E-state index contributed by atoms with van der Waals surface area (Å²) < 4.78 is 4.80. The second-order valence-corrected chi connectivity index (χ2v) is 14.3. The molecule has 0 aliphatic rings. The van der Waals surface area contributed by atoms with Crippen LogP contribution in [-0.2, 0) is 0 Å². The minimum Gasteiger partial charge on any atom is -0.355 e. The number of hydrogen-bond donors (Lipinski definition) is 1. The largest absolute Gasteiger partial charge is 0.355 e. The highest BCUT2D eigenvalue weighted by atomic mass is 15.0. The van der Waals surface area contributed by atoms with Crippen molar-refractivity contribution in [3.8, 4) is 33.6 Å². The van der Waals surface area contributed by atoms with Gasteiger partial charge in [-0.15, -0.1) is 0 Å². The molecule has 11 rings (SSSR count). The van der Waals surface area contributed by atoms with E-state index in [1.165, 1.54) is 82.3 Å². The minimum atomic E-state index is 1.07. The number of fused-ring (bicyclic) bond motifs is 7. The molecule has 258 valence electrons. The Hall–Kier alpha value is -7.36. The Morgan fingerprint density at radius 1 is 0.309 bits per heavy atom. The van der Waals surface area contributed by atoms with Crippen molar-refractivity contribution in [1.82, 2.24) is 9.13 Å². The fraction of sp³-hybridized carbons (Fsp3) is 0. The van der Waals surface area contributed by atoms with Crippen LogP contribution in [0.15, 0.2) is 206 Å². The number of nitrogens with one attached hydrogen (secondary N) is 1. The summed E-state index contributed by atoms with van der Waals surface area (Å²) in [6, 6.07) is 74.6. The van der Waals surface area contributed by atoms with Crippen molar-refractivity contribution in [2.45, 2.75) is 0 Å². The molecule has 11 aromatic rings. The molecule has 0 atom stereocenters. The predicted molar refractivity (Wildman–Crippen MR) is 233 cm³/mol. The number of hydrogen-bond acceptors (Lipinski definition) is 1. The van der Waals surface area contributed by atoms with Crippen molar-refractivity contribution >= 4 is 65.8 Å². The summed E-state index contributed by atoms with van der Waals surface area (Å²) in [5, 5.41) is 11.1. The third-order valence-electron chi connectivity index (χ3n) is 11.1. The lowest BCUT2D eigenvalue weighted by molar-refractivity contribution is 1.18. The number of benzene rings is 9. The first-order valence-corrected chi connectivity index (χ1v) is 18.8. The van der Waals surface area contributed by atoms with Gasteiger partial charge < -0.3 is 14.5 Å². The highest BCUT2D eigenvalue weighted by Gasteiger charge is 2.16. The van der Waals surface area contributed by atoms with Gasteiger partial charge in [-0.2, -0.15) is 0 Å². The Morgan fingerprint density at radius 2 is 0.782 bits per heavy atom. The minimum absolute atomic E-state index is 1.07. The summed E-state index contributed by atoms with van der Waals surface area (Å²) in [4.78, 5) is 0. The molecule has 1 N–H and O–H groups in total. The summed E-state index contributed by atoms with van der Waals surface area (Å²) in [7, 11) is 0. The van der Waals surface area contributed by atoms with Crippen molar-refractivity contribution in [2.75, 3.05) is 5.32 Å². The zero-order chi connectivity index (χ0) is 36.3. The van der Waals surface area contributed by atoms with Crippen LogP contribution in [0.4, 0.5) is 11.4 Å². The van der Waals surface area contributed by atoms with E-state index in [2.05, 4.69) is 215 Å². The van der Waals surface area contributed by atoms with Crippen LogP contribution in [0.25, 0.3) is 88.0 Å². The third kappa shape index (κ3) is 5.20. The van der Waals surface area contributed by atoms with E-state index in [1.54, 1.807) is 0 Å². The second-order valence-electron chi connectivity index (χ2n) is 14.3. The lowest BCUT2D eigenvalue weighted by Crippen LogP contribution is -1.96. The molecule has 0 saturated heterocycles.